The third-order valence-corrected chi connectivity index (χ3v) is 5.19. The number of nitrogens with zero attached hydrogens (tertiary/aromatic N) is 3. The fraction of sp³-hybridized carbons (Fsp3) is 0.143. The van der Waals surface area contributed by atoms with Gasteiger partial charge in [-0.05, 0) is 61.0 Å². The number of hydrogen-bond donors (Lipinski definition) is 1. The van der Waals surface area contributed by atoms with Crippen molar-refractivity contribution in [2.24, 2.45) is 5.16 Å². The molecular weight excluding hydrogens is 510 g/mol. The summed E-state index contributed by atoms with van der Waals surface area (Å²) in [6.07, 6.45) is 3.81. The van der Waals surface area contributed by atoms with Crippen LogP contribution in [0.5, 0.6) is 29.0 Å². The molecule has 1 N–H and O–H groups in total. The molecule has 0 saturated carbocycles. The molecule has 38 heavy (non-hydrogen) atoms. The minimum Gasteiger partial charge on any atom is -0.487 e. The third-order valence-electron chi connectivity index (χ3n) is 4.94. The Hall–Kier alpha value is -4.63. The summed E-state index contributed by atoms with van der Waals surface area (Å²) < 4.78 is 17.5. The van der Waals surface area contributed by atoms with Crippen molar-refractivity contribution in [3.8, 4) is 29.0 Å². The van der Waals surface area contributed by atoms with Crippen LogP contribution in [0.3, 0.4) is 0 Å². The highest BCUT2D eigenvalue weighted by Crippen LogP contribution is 2.27. The molecule has 0 bridgehead atoms. The highest BCUT2D eigenvalue weighted by atomic mass is 35.5. The number of halogens is 1. The molecule has 194 valence electrons. The van der Waals surface area contributed by atoms with Crippen LogP contribution >= 0.6 is 11.6 Å². The van der Waals surface area contributed by atoms with E-state index in [4.69, 9.17) is 30.6 Å². The zero-order valence-corrected chi connectivity index (χ0v) is 21.2. The molecule has 0 aliphatic carbocycles. The standard InChI is InChI=1S/C28H24ClN3O6/c1-2-13-36-32-26(19-5-3-6-23(14-19)37-22-9-7-21(29)8-10-22)18-35-24-15-20(27(33)34)16-25(17-24)38-28-30-11-4-12-31-28/h3-12,14-17H,2,13,18H2,1H3,(H,33,34)/b32-26+. The van der Waals surface area contributed by atoms with Gasteiger partial charge in [0.1, 0.15) is 41.9 Å². The van der Waals surface area contributed by atoms with Gasteiger partial charge in [0.25, 0.3) is 0 Å². The van der Waals surface area contributed by atoms with Crippen LogP contribution in [0.25, 0.3) is 0 Å². The number of aromatic carboxylic acids is 1. The van der Waals surface area contributed by atoms with E-state index >= 15 is 0 Å². The number of ether oxygens (including phenoxy) is 3. The van der Waals surface area contributed by atoms with Crippen LogP contribution in [0, 0.1) is 0 Å². The van der Waals surface area contributed by atoms with Gasteiger partial charge in [0.15, 0.2) is 0 Å². The molecule has 3 aromatic carbocycles. The van der Waals surface area contributed by atoms with E-state index in [1.807, 2.05) is 25.1 Å². The molecule has 1 aromatic heterocycles. The molecule has 0 amide bonds. The van der Waals surface area contributed by atoms with Crippen LogP contribution in [-0.2, 0) is 4.84 Å². The van der Waals surface area contributed by atoms with Crippen LogP contribution in [0.15, 0.2) is 90.3 Å². The van der Waals surface area contributed by atoms with Crippen molar-refractivity contribution in [1.82, 2.24) is 9.97 Å². The Labute approximate surface area is 224 Å². The normalized spacial score (nSPS) is 11.1. The molecule has 9 nitrogen and oxygen atoms in total. The average molecular weight is 534 g/mol. The Morgan fingerprint density at radius 1 is 0.868 bits per heavy atom. The SMILES string of the molecule is CCCO/N=C(\COc1cc(Oc2ncccn2)cc(C(=O)O)c1)c1cccc(Oc2ccc(Cl)cc2)c1. The Kier molecular flexibility index (Phi) is 9.09. The van der Waals surface area contributed by atoms with Gasteiger partial charge in [-0.15, -0.1) is 0 Å². The number of hydrogen-bond acceptors (Lipinski definition) is 8. The van der Waals surface area contributed by atoms with Crippen molar-refractivity contribution >= 4 is 23.3 Å². The number of rotatable bonds is 12. The predicted octanol–water partition coefficient (Wildman–Crippen LogP) is 6.62. The summed E-state index contributed by atoms with van der Waals surface area (Å²) >= 11 is 5.96. The highest BCUT2D eigenvalue weighted by Gasteiger charge is 2.13. The second-order valence-electron chi connectivity index (χ2n) is 7.88. The van der Waals surface area contributed by atoms with Crippen LogP contribution in [0.4, 0.5) is 0 Å². The monoisotopic (exact) mass is 533 g/mol. The smallest absolute Gasteiger partial charge is 0.335 e. The molecule has 0 aliphatic heterocycles. The average Bonchev–Trinajstić information content (AvgIpc) is 2.92. The molecular formula is C28H24ClN3O6. The lowest BCUT2D eigenvalue weighted by molar-refractivity contribution is 0.0696. The van der Waals surface area contributed by atoms with Crippen molar-refractivity contribution < 1.29 is 28.9 Å². The second kappa shape index (κ2) is 13.1. The molecule has 0 aliphatic rings. The lowest BCUT2D eigenvalue weighted by Crippen LogP contribution is -2.14. The van der Waals surface area contributed by atoms with Crippen LogP contribution < -0.4 is 14.2 Å². The summed E-state index contributed by atoms with van der Waals surface area (Å²) in [4.78, 5) is 25.1. The zero-order chi connectivity index (χ0) is 26.7. The van der Waals surface area contributed by atoms with E-state index in [2.05, 4.69) is 15.1 Å². The predicted molar refractivity (Wildman–Crippen MR) is 142 cm³/mol. The summed E-state index contributed by atoms with van der Waals surface area (Å²) in [7, 11) is 0. The first-order valence-corrected chi connectivity index (χ1v) is 12.1. The first-order valence-electron chi connectivity index (χ1n) is 11.7. The van der Waals surface area contributed by atoms with Gasteiger partial charge in [-0.1, -0.05) is 35.8 Å². The van der Waals surface area contributed by atoms with Crippen LogP contribution in [0.2, 0.25) is 5.02 Å². The van der Waals surface area contributed by atoms with E-state index in [1.165, 1.54) is 24.5 Å². The number of carboxylic acids is 1. The molecule has 0 saturated heterocycles. The Bertz CT molecular complexity index is 1400. The van der Waals surface area contributed by atoms with E-state index in [-0.39, 0.29) is 29.7 Å². The second-order valence-corrected chi connectivity index (χ2v) is 8.31. The first-order chi connectivity index (χ1) is 18.5. The molecule has 1 heterocycles. The van der Waals surface area contributed by atoms with Crippen molar-refractivity contribution in [3.05, 3.63) is 101 Å². The maximum Gasteiger partial charge on any atom is 0.335 e. The van der Waals surface area contributed by atoms with Gasteiger partial charge in [0, 0.05) is 29.0 Å². The van der Waals surface area contributed by atoms with Crippen LogP contribution in [-0.4, -0.2) is 40.0 Å². The summed E-state index contributed by atoms with van der Waals surface area (Å²) in [6, 6.07) is 20.4. The van der Waals surface area contributed by atoms with Gasteiger partial charge < -0.3 is 24.2 Å². The minimum absolute atomic E-state index is 0.0154. The van der Waals surface area contributed by atoms with Gasteiger partial charge in [0.2, 0.25) is 0 Å². The molecule has 0 radical (unpaired) electrons. The van der Waals surface area contributed by atoms with E-state index in [0.29, 0.717) is 34.4 Å². The largest absolute Gasteiger partial charge is 0.487 e. The van der Waals surface area contributed by atoms with E-state index < -0.39 is 5.97 Å². The number of carboxylic acid groups (broad SMARTS) is 1. The maximum atomic E-state index is 11.7. The first kappa shape index (κ1) is 26.4. The fourth-order valence-corrected chi connectivity index (χ4v) is 3.31. The molecule has 10 heteroatoms. The van der Waals surface area contributed by atoms with Gasteiger partial charge in [-0.3, -0.25) is 0 Å². The van der Waals surface area contributed by atoms with Gasteiger partial charge in [0.05, 0.1) is 5.56 Å². The topological polar surface area (TPSA) is 112 Å². The summed E-state index contributed by atoms with van der Waals surface area (Å²) in [5.41, 5.74) is 1.17. The fourth-order valence-electron chi connectivity index (χ4n) is 3.19. The molecule has 4 aromatic rings. The number of benzene rings is 3. The molecule has 0 spiro atoms. The number of aromatic nitrogens is 2. The Balaban J connectivity index is 1.55. The van der Waals surface area contributed by atoms with Crippen molar-refractivity contribution in [3.63, 3.8) is 0 Å². The third kappa shape index (κ3) is 7.68. The summed E-state index contributed by atoms with van der Waals surface area (Å²) in [6.45, 7) is 2.38. The molecule has 0 fully saturated rings. The molecule has 4 rings (SSSR count). The Morgan fingerprint density at radius 3 is 2.34 bits per heavy atom. The number of carbonyl (C=O) groups is 1. The Morgan fingerprint density at radius 2 is 1.61 bits per heavy atom. The highest BCUT2D eigenvalue weighted by molar-refractivity contribution is 6.30. The van der Waals surface area contributed by atoms with Crippen LogP contribution in [0.1, 0.15) is 29.3 Å². The summed E-state index contributed by atoms with van der Waals surface area (Å²) in [5, 5.41) is 14.4. The van der Waals surface area contributed by atoms with Gasteiger partial charge in [-0.25, -0.2) is 14.8 Å². The lowest BCUT2D eigenvalue weighted by atomic mass is 10.1. The van der Waals surface area contributed by atoms with E-state index in [1.54, 1.807) is 42.5 Å². The minimum atomic E-state index is -1.14. The zero-order valence-electron chi connectivity index (χ0n) is 20.4. The quantitative estimate of drug-likeness (QED) is 0.123. The number of oxime groups is 1. The lowest BCUT2D eigenvalue weighted by Gasteiger charge is -2.13. The van der Waals surface area contributed by atoms with Crippen molar-refractivity contribution in [1.29, 1.82) is 0 Å². The molecule has 0 atom stereocenters. The van der Waals surface area contributed by atoms with Crippen molar-refractivity contribution in [2.45, 2.75) is 13.3 Å². The van der Waals surface area contributed by atoms with Gasteiger partial charge >= 0.3 is 12.0 Å². The maximum absolute atomic E-state index is 11.7. The van der Waals surface area contributed by atoms with Gasteiger partial charge in [-0.2, -0.15) is 0 Å². The summed E-state index contributed by atoms with van der Waals surface area (Å²) in [5.74, 6) is 0.544. The molecule has 0 unspecified atom stereocenters. The van der Waals surface area contributed by atoms with E-state index in [9.17, 15) is 9.90 Å². The van der Waals surface area contributed by atoms with E-state index in [0.717, 1.165) is 6.42 Å². The van der Waals surface area contributed by atoms with Crippen molar-refractivity contribution in [2.75, 3.05) is 13.2 Å².